The van der Waals surface area contributed by atoms with Gasteiger partial charge in [0.1, 0.15) is 0 Å². The normalized spacial score (nSPS) is 18.8. The van der Waals surface area contributed by atoms with Gasteiger partial charge in [0.2, 0.25) is 0 Å². The van der Waals surface area contributed by atoms with Crippen molar-refractivity contribution in [3.05, 3.63) is 77.1 Å². The van der Waals surface area contributed by atoms with Crippen LogP contribution in [-0.4, -0.2) is 34.6 Å². The van der Waals surface area contributed by atoms with Gasteiger partial charge in [0.05, 0.1) is 41.9 Å². The molecule has 1 aliphatic rings. The number of nitrogens with zero attached hydrogens (tertiary/aromatic N) is 2. The molecule has 1 unspecified atom stereocenters. The van der Waals surface area contributed by atoms with E-state index in [1.54, 1.807) is 6.07 Å². The van der Waals surface area contributed by atoms with E-state index in [2.05, 4.69) is 16.0 Å². The maximum Gasteiger partial charge on any atom is 0.308 e. The van der Waals surface area contributed by atoms with Crippen LogP contribution in [0, 0.1) is 11.8 Å². The lowest BCUT2D eigenvalue weighted by atomic mass is 9.79. The Balaban J connectivity index is 1.36. The number of ether oxygens (including phenoxy) is 1. The van der Waals surface area contributed by atoms with Gasteiger partial charge < -0.3 is 14.6 Å². The number of methoxy groups -OCH3 is 1. The summed E-state index contributed by atoms with van der Waals surface area (Å²) in [5, 5.41) is 5.75. The van der Waals surface area contributed by atoms with Crippen molar-refractivity contribution in [2.24, 2.45) is 11.8 Å². The molecule has 2 heterocycles. The summed E-state index contributed by atoms with van der Waals surface area (Å²) < 4.78 is 6.96. The first-order valence-corrected chi connectivity index (χ1v) is 12.8. The van der Waals surface area contributed by atoms with Crippen LogP contribution >= 0.6 is 11.6 Å². The van der Waals surface area contributed by atoms with Crippen molar-refractivity contribution in [3.63, 3.8) is 0 Å². The molecule has 6 nitrogen and oxygen atoms in total. The molecule has 0 saturated heterocycles. The average molecular weight is 504 g/mol. The number of rotatable bonds is 6. The SMILES string of the molecule is COC(=O)[C@H]1CC[C@H](C(C)NC(=O)c2cc(Cl)cc3ccn(Cc4ccc5ccccc5n4)c23)CC1. The molecule has 5 rings (SSSR count). The second-order valence-electron chi connectivity index (χ2n) is 9.73. The molecular weight excluding hydrogens is 474 g/mol. The number of pyridine rings is 1. The molecule has 1 aliphatic carbocycles. The highest BCUT2D eigenvalue weighted by Gasteiger charge is 2.30. The quantitative estimate of drug-likeness (QED) is 0.328. The monoisotopic (exact) mass is 503 g/mol. The van der Waals surface area contributed by atoms with Crippen molar-refractivity contribution < 1.29 is 14.3 Å². The molecule has 1 N–H and O–H groups in total. The van der Waals surface area contributed by atoms with Crippen LogP contribution in [0.3, 0.4) is 0 Å². The number of hydrogen-bond acceptors (Lipinski definition) is 4. The zero-order valence-electron chi connectivity index (χ0n) is 20.5. The number of halogens is 1. The van der Waals surface area contributed by atoms with Gasteiger partial charge in [-0.2, -0.15) is 0 Å². The molecule has 0 aliphatic heterocycles. The predicted molar refractivity (Wildman–Crippen MR) is 142 cm³/mol. The van der Waals surface area contributed by atoms with E-state index in [9.17, 15) is 9.59 Å². The molecule has 1 fully saturated rings. The van der Waals surface area contributed by atoms with Crippen LogP contribution in [0.4, 0.5) is 0 Å². The van der Waals surface area contributed by atoms with Crippen LogP contribution in [0.15, 0.2) is 60.8 Å². The summed E-state index contributed by atoms with van der Waals surface area (Å²) in [6.07, 6.45) is 5.33. The molecular formula is C29H30ClN3O3. The molecule has 1 amide bonds. The Morgan fingerprint density at radius 2 is 1.86 bits per heavy atom. The number of carbonyl (C=O) groups is 2. The lowest BCUT2D eigenvalue weighted by Crippen LogP contribution is -2.40. The third-order valence-electron chi connectivity index (χ3n) is 7.43. The summed E-state index contributed by atoms with van der Waals surface area (Å²) >= 11 is 6.40. The zero-order chi connectivity index (χ0) is 25.2. The largest absolute Gasteiger partial charge is 0.469 e. The summed E-state index contributed by atoms with van der Waals surface area (Å²) in [7, 11) is 1.44. The lowest BCUT2D eigenvalue weighted by Gasteiger charge is -2.31. The second-order valence-corrected chi connectivity index (χ2v) is 10.2. The van der Waals surface area contributed by atoms with E-state index in [0.29, 0.717) is 23.0 Å². The number of para-hydroxylation sites is 1. The Kier molecular flexibility index (Phi) is 6.97. The second kappa shape index (κ2) is 10.3. The summed E-state index contributed by atoms with van der Waals surface area (Å²) in [6, 6.07) is 17.7. The molecule has 7 heteroatoms. The minimum Gasteiger partial charge on any atom is -0.469 e. The Labute approximate surface area is 215 Å². The van der Waals surface area contributed by atoms with Crippen molar-refractivity contribution in [1.82, 2.24) is 14.9 Å². The van der Waals surface area contributed by atoms with Crippen molar-refractivity contribution in [2.45, 2.75) is 45.2 Å². The fraction of sp³-hybridized carbons (Fsp3) is 0.345. The van der Waals surface area contributed by atoms with E-state index >= 15 is 0 Å². The van der Waals surface area contributed by atoms with E-state index in [1.165, 1.54) is 7.11 Å². The molecule has 36 heavy (non-hydrogen) atoms. The highest BCUT2D eigenvalue weighted by atomic mass is 35.5. The number of aromatic nitrogens is 2. The van der Waals surface area contributed by atoms with Gasteiger partial charge in [-0.1, -0.05) is 35.9 Å². The van der Waals surface area contributed by atoms with Gasteiger partial charge in [-0.3, -0.25) is 14.6 Å². The van der Waals surface area contributed by atoms with Crippen molar-refractivity contribution in [3.8, 4) is 0 Å². The van der Waals surface area contributed by atoms with Crippen LogP contribution in [0.2, 0.25) is 5.02 Å². The highest BCUT2D eigenvalue weighted by molar-refractivity contribution is 6.32. The minimum atomic E-state index is -0.142. The Morgan fingerprint density at radius 1 is 1.08 bits per heavy atom. The molecule has 0 radical (unpaired) electrons. The van der Waals surface area contributed by atoms with Gasteiger partial charge in [-0.15, -0.1) is 0 Å². The first-order valence-electron chi connectivity index (χ1n) is 12.4. The summed E-state index contributed by atoms with van der Waals surface area (Å²) in [6.45, 7) is 2.59. The number of amides is 1. The number of esters is 1. The van der Waals surface area contributed by atoms with E-state index in [-0.39, 0.29) is 23.8 Å². The third-order valence-corrected chi connectivity index (χ3v) is 7.65. The number of benzene rings is 2. The number of nitrogens with one attached hydrogen (secondary N) is 1. The predicted octanol–water partition coefficient (Wildman–Crippen LogP) is 5.99. The van der Waals surface area contributed by atoms with E-state index in [4.69, 9.17) is 21.3 Å². The average Bonchev–Trinajstić information content (AvgIpc) is 3.29. The number of hydrogen-bond donors (Lipinski definition) is 1. The van der Waals surface area contributed by atoms with Crippen LogP contribution in [-0.2, 0) is 16.1 Å². The molecule has 186 valence electrons. The Hall–Kier alpha value is -3.38. The summed E-state index contributed by atoms with van der Waals surface area (Å²) in [5.74, 6) is 0.0106. The van der Waals surface area contributed by atoms with Crippen LogP contribution < -0.4 is 5.32 Å². The Bertz CT molecular complexity index is 1420. The number of carbonyl (C=O) groups excluding carboxylic acids is 2. The van der Waals surface area contributed by atoms with Gasteiger partial charge in [-0.05, 0) is 68.9 Å². The maximum atomic E-state index is 13.5. The van der Waals surface area contributed by atoms with Crippen molar-refractivity contribution in [1.29, 1.82) is 0 Å². The fourth-order valence-electron chi connectivity index (χ4n) is 5.41. The smallest absolute Gasteiger partial charge is 0.308 e. The molecule has 2 aromatic heterocycles. The number of fused-ring (bicyclic) bond motifs is 2. The van der Waals surface area contributed by atoms with Crippen molar-refractivity contribution >= 4 is 45.3 Å². The molecule has 2 aromatic carbocycles. The van der Waals surface area contributed by atoms with E-state index in [1.807, 2.05) is 55.6 Å². The van der Waals surface area contributed by atoms with Crippen molar-refractivity contribution in [2.75, 3.05) is 7.11 Å². The van der Waals surface area contributed by atoms with Crippen LogP contribution in [0.25, 0.3) is 21.8 Å². The first kappa shape index (κ1) is 24.3. The molecule has 1 atom stereocenters. The van der Waals surface area contributed by atoms with Gasteiger partial charge in [0.25, 0.3) is 5.91 Å². The molecule has 0 spiro atoms. The minimum absolute atomic E-state index is 0.0179. The van der Waals surface area contributed by atoms with E-state index in [0.717, 1.165) is 53.2 Å². The van der Waals surface area contributed by atoms with Gasteiger partial charge in [0, 0.05) is 28.0 Å². The standard InChI is InChI=1S/C29H30ClN3O3/c1-18(19-7-9-21(10-8-19)29(35)36-2)31-28(34)25-16-23(30)15-22-13-14-33(27(22)25)17-24-12-11-20-5-3-4-6-26(20)32-24/h3-6,11-16,18-19,21H,7-10,17H2,1-2H3,(H,31,34)/t18?,19-,21-. The maximum absolute atomic E-state index is 13.5. The highest BCUT2D eigenvalue weighted by Crippen LogP contribution is 2.32. The lowest BCUT2D eigenvalue weighted by molar-refractivity contribution is -0.146. The Morgan fingerprint density at radius 3 is 2.64 bits per heavy atom. The van der Waals surface area contributed by atoms with Crippen LogP contribution in [0.5, 0.6) is 0 Å². The first-order chi connectivity index (χ1) is 17.4. The molecule has 1 saturated carbocycles. The van der Waals surface area contributed by atoms with Gasteiger partial charge in [-0.25, -0.2) is 0 Å². The van der Waals surface area contributed by atoms with Gasteiger partial charge >= 0.3 is 5.97 Å². The van der Waals surface area contributed by atoms with Crippen LogP contribution in [0.1, 0.15) is 48.7 Å². The van der Waals surface area contributed by atoms with Gasteiger partial charge in [0.15, 0.2) is 0 Å². The van der Waals surface area contributed by atoms with E-state index < -0.39 is 0 Å². The molecule has 0 bridgehead atoms. The third kappa shape index (κ3) is 4.96. The topological polar surface area (TPSA) is 73.2 Å². The summed E-state index contributed by atoms with van der Waals surface area (Å²) in [5.41, 5.74) is 3.26. The summed E-state index contributed by atoms with van der Waals surface area (Å²) in [4.78, 5) is 30.1. The molecule has 4 aromatic rings. The zero-order valence-corrected chi connectivity index (χ0v) is 21.3. The fourth-order valence-corrected chi connectivity index (χ4v) is 5.64.